The van der Waals surface area contributed by atoms with Crippen molar-refractivity contribution in [3.63, 3.8) is 0 Å². The van der Waals surface area contributed by atoms with Gasteiger partial charge >= 0.3 is 0 Å². The van der Waals surface area contributed by atoms with Crippen LogP contribution in [0.25, 0.3) is 56.5 Å². The van der Waals surface area contributed by atoms with E-state index in [1.54, 1.807) is 41.1 Å². The molecule has 0 atom stereocenters. The maximum atomic E-state index is 11.9. The highest BCUT2D eigenvalue weighted by Gasteiger charge is 2.20. The average Bonchev–Trinajstić information content (AvgIpc) is 3.72. The molecule has 0 N–H and O–H groups in total. The van der Waals surface area contributed by atoms with E-state index in [-0.39, 0.29) is 5.16 Å². The van der Waals surface area contributed by atoms with Gasteiger partial charge in [0.1, 0.15) is 23.3 Å². The van der Waals surface area contributed by atoms with Gasteiger partial charge in [0.25, 0.3) is 0 Å². The number of hydrogen-bond acceptors (Lipinski definition) is 9. The van der Waals surface area contributed by atoms with Crippen molar-refractivity contribution in [2.45, 2.75) is 24.2 Å². The van der Waals surface area contributed by atoms with Crippen molar-refractivity contribution in [2.24, 2.45) is 0 Å². The fourth-order valence-electron chi connectivity index (χ4n) is 5.68. The van der Waals surface area contributed by atoms with Gasteiger partial charge in [-0.25, -0.2) is 38.3 Å². The number of imidazole rings is 2. The molecule has 16 heteroatoms. The van der Waals surface area contributed by atoms with Gasteiger partial charge in [0.2, 0.25) is 15.0 Å². The van der Waals surface area contributed by atoms with E-state index in [9.17, 15) is 8.42 Å². The lowest BCUT2D eigenvalue weighted by atomic mass is 10.2. The van der Waals surface area contributed by atoms with E-state index in [1.165, 1.54) is 18.0 Å². The van der Waals surface area contributed by atoms with Gasteiger partial charge in [-0.3, -0.25) is 9.13 Å². The first-order valence-corrected chi connectivity index (χ1v) is 20.7. The topological polar surface area (TPSA) is 121 Å². The van der Waals surface area contributed by atoms with Crippen molar-refractivity contribution in [3.05, 3.63) is 129 Å². The summed E-state index contributed by atoms with van der Waals surface area (Å²) in [5.41, 5.74) is 7.19. The van der Waals surface area contributed by atoms with Crippen LogP contribution >= 0.6 is 58.2 Å². The van der Waals surface area contributed by atoms with Crippen molar-refractivity contribution in [3.8, 4) is 34.4 Å². The molecule has 0 aliphatic rings. The Kier molecular flexibility index (Phi) is 10.7. The van der Waals surface area contributed by atoms with Gasteiger partial charge in [0, 0.05) is 29.8 Å². The Morgan fingerprint density at radius 3 is 1.52 bits per heavy atom. The third-order valence-electron chi connectivity index (χ3n) is 8.19. The van der Waals surface area contributed by atoms with Crippen LogP contribution in [0.2, 0.25) is 20.1 Å². The van der Waals surface area contributed by atoms with Crippen LogP contribution in [0.1, 0.15) is 11.1 Å². The highest BCUT2D eigenvalue weighted by molar-refractivity contribution is 7.98. The number of rotatable bonds is 6. The number of aromatic nitrogens is 8. The lowest BCUT2D eigenvalue weighted by Crippen LogP contribution is -2.08. The zero-order chi connectivity index (χ0) is 38.3. The third kappa shape index (κ3) is 7.68. The minimum Gasteiger partial charge on any atom is -0.276 e. The van der Waals surface area contributed by atoms with E-state index < -0.39 is 9.84 Å². The molecule has 0 saturated carbocycles. The first-order valence-electron chi connectivity index (χ1n) is 16.1. The minimum absolute atomic E-state index is 0.250. The number of aryl methyl sites for hydroxylation is 2. The van der Waals surface area contributed by atoms with Crippen LogP contribution in [-0.4, -0.2) is 60.0 Å². The third-order valence-corrected chi connectivity index (χ3v) is 11.1. The molecule has 0 fully saturated rings. The van der Waals surface area contributed by atoms with Gasteiger partial charge in [0.15, 0.2) is 5.16 Å². The molecule has 4 aromatic heterocycles. The second-order valence-electron chi connectivity index (χ2n) is 12.2. The van der Waals surface area contributed by atoms with Crippen LogP contribution in [0, 0.1) is 13.8 Å². The Morgan fingerprint density at radius 1 is 0.574 bits per heavy atom. The van der Waals surface area contributed by atoms with E-state index in [1.807, 2.05) is 66.3 Å². The SMILES string of the molecule is CSc1nccc(-n2c(-c3ccc(Cl)c(Cl)c3)nc3ccc(C)cc32)n1.Cc1ccc2nc(-c3ccc(Cl)c(Cl)c3)n(-c3ccnc(S(C)(=O)=O)n3)c2c1. The van der Waals surface area contributed by atoms with E-state index in [0.717, 1.165) is 62.2 Å². The molecule has 8 aromatic rings. The van der Waals surface area contributed by atoms with E-state index in [4.69, 9.17) is 56.4 Å². The molecule has 0 aliphatic carbocycles. The number of thioether (sulfide) groups is 1. The fourth-order valence-corrected chi connectivity index (χ4v) is 7.14. The number of sulfone groups is 1. The highest BCUT2D eigenvalue weighted by Crippen LogP contribution is 2.34. The van der Waals surface area contributed by atoms with Gasteiger partial charge in [-0.1, -0.05) is 70.3 Å². The summed E-state index contributed by atoms with van der Waals surface area (Å²) in [6.45, 7) is 4.03. The Balaban J connectivity index is 0.000000167. The predicted octanol–water partition coefficient (Wildman–Crippen LogP) is 10.3. The molecule has 0 bridgehead atoms. The molecule has 0 aliphatic heterocycles. The largest absolute Gasteiger partial charge is 0.276 e. The number of hydrogen-bond donors (Lipinski definition) is 0. The zero-order valence-corrected chi connectivity index (χ0v) is 33.6. The molecule has 0 amide bonds. The van der Waals surface area contributed by atoms with E-state index >= 15 is 0 Å². The van der Waals surface area contributed by atoms with Crippen molar-refractivity contribution in [1.29, 1.82) is 0 Å². The molecule has 0 radical (unpaired) electrons. The van der Waals surface area contributed by atoms with Crippen molar-refractivity contribution in [2.75, 3.05) is 12.5 Å². The van der Waals surface area contributed by atoms with E-state index in [2.05, 4.69) is 32.9 Å². The summed E-state index contributed by atoms with van der Waals surface area (Å²) < 4.78 is 27.7. The molecule has 4 heterocycles. The maximum absolute atomic E-state index is 11.9. The summed E-state index contributed by atoms with van der Waals surface area (Å²) in [5, 5.41) is 2.29. The fraction of sp³-hybridized carbons (Fsp3) is 0.105. The number of benzene rings is 4. The van der Waals surface area contributed by atoms with Crippen LogP contribution in [-0.2, 0) is 9.84 Å². The Labute approximate surface area is 335 Å². The van der Waals surface area contributed by atoms with Gasteiger partial charge in [-0.05, 0) is 104 Å². The monoisotopic (exact) mass is 832 g/mol. The second-order valence-corrected chi connectivity index (χ2v) is 16.5. The lowest BCUT2D eigenvalue weighted by Gasteiger charge is -2.10. The normalized spacial score (nSPS) is 11.6. The number of fused-ring (bicyclic) bond motifs is 2. The van der Waals surface area contributed by atoms with Crippen LogP contribution in [0.5, 0.6) is 0 Å². The summed E-state index contributed by atoms with van der Waals surface area (Å²) in [4.78, 5) is 26.6. The summed E-state index contributed by atoms with van der Waals surface area (Å²) in [7, 11) is -3.56. The Hall–Kier alpha value is -4.56. The number of halogens is 4. The maximum Gasteiger partial charge on any atom is 0.248 e. The molecule has 4 aromatic carbocycles. The summed E-state index contributed by atoms with van der Waals surface area (Å²) in [6, 6.07) is 26.2. The van der Waals surface area contributed by atoms with Crippen LogP contribution < -0.4 is 0 Å². The molecule has 10 nitrogen and oxygen atoms in total. The molecule has 0 saturated heterocycles. The van der Waals surface area contributed by atoms with Gasteiger partial charge in [-0.15, -0.1) is 0 Å². The zero-order valence-electron chi connectivity index (χ0n) is 29.0. The van der Waals surface area contributed by atoms with Gasteiger partial charge in [-0.2, -0.15) is 0 Å². The van der Waals surface area contributed by atoms with E-state index in [0.29, 0.717) is 36.9 Å². The molecular formula is C38H28Cl4N8O2S2. The van der Waals surface area contributed by atoms with Crippen molar-refractivity contribution in [1.82, 2.24) is 39.0 Å². The predicted molar refractivity (Wildman–Crippen MR) is 219 cm³/mol. The van der Waals surface area contributed by atoms with Crippen LogP contribution in [0.3, 0.4) is 0 Å². The lowest BCUT2D eigenvalue weighted by molar-refractivity contribution is 0.592. The second kappa shape index (κ2) is 15.3. The van der Waals surface area contributed by atoms with Crippen molar-refractivity contribution >= 4 is 90.1 Å². The Bertz CT molecular complexity index is 2840. The molecular weight excluding hydrogens is 806 g/mol. The molecule has 54 heavy (non-hydrogen) atoms. The number of nitrogens with zero attached hydrogens (tertiary/aromatic N) is 8. The molecule has 272 valence electrons. The molecule has 8 rings (SSSR count). The van der Waals surface area contributed by atoms with Crippen LogP contribution in [0.15, 0.2) is 108 Å². The Morgan fingerprint density at radius 2 is 1.06 bits per heavy atom. The van der Waals surface area contributed by atoms with Gasteiger partial charge in [0.05, 0.1) is 42.2 Å². The highest BCUT2D eigenvalue weighted by atomic mass is 35.5. The van der Waals surface area contributed by atoms with Crippen LogP contribution in [0.4, 0.5) is 0 Å². The standard InChI is InChI=1S/C19H14Cl2N4O2S.C19H14Cl2N4S/c1-11-3-6-15-16(9-11)25(17-7-8-22-19(24-17)28(2,26)27)18(23-15)12-4-5-13(20)14(21)10-12;1-11-3-6-15-16(9-11)25(17-7-8-22-19(24-17)26-2)18(23-15)12-4-5-13(20)14(21)10-12/h3-10H,1-2H3;3-10H,1-2H3. The summed E-state index contributed by atoms with van der Waals surface area (Å²) in [5.74, 6) is 2.48. The first kappa shape index (κ1) is 37.7. The van der Waals surface area contributed by atoms with Gasteiger partial charge < -0.3 is 0 Å². The minimum atomic E-state index is -3.56. The smallest absolute Gasteiger partial charge is 0.248 e. The average molecular weight is 835 g/mol. The first-order chi connectivity index (χ1) is 25.8. The molecule has 0 spiro atoms. The summed E-state index contributed by atoms with van der Waals surface area (Å²) in [6.07, 6.45) is 6.20. The quantitative estimate of drug-likeness (QED) is 0.119. The molecule has 0 unspecified atom stereocenters. The van der Waals surface area contributed by atoms with Crippen molar-refractivity contribution < 1.29 is 8.42 Å². The summed E-state index contributed by atoms with van der Waals surface area (Å²) >= 11 is 26.1.